The summed E-state index contributed by atoms with van der Waals surface area (Å²) in [6.45, 7) is 3.95. The lowest BCUT2D eigenvalue weighted by Gasteiger charge is -2.39. The number of hydrogen-bond donors (Lipinski definition) is 0. The lowest BCUT2D eigenvalue weighted by Crippen LogP contribution is -2.44. The zero-order valence-electron chi connectivity index (χ0n) is 21.7. The van der Waals surface area contributed by atoms with Gasteiger partial charge in [0.2, 0.25) is 0 Å². The molecule has 0 saturated carbocycles. The third-order valence-corrected chi connectivity index (χ3v) is 8.55. The predicted octanol–water partition coefficient (Wildman–Crippen LogP) is 4.43. The van der Waals surface area contributed by atoms with E-state index in [-0.39, 0.29) is 40.1 Å². The van der Waals surface area contributed by atoms with Crippen molar-refractivity contribution in [1.82, 2.24) is 9.80 Å². The SMILES string of the molecule is CC(=O)c1ccc(C(=O)N2CCC3(CC2)CCN(C(=O)c2ccc4c(c2)C(=O)c2ccccc2C4=O)C3)cc1. The molecule has 2 aliphatic heterocycles. The van der Waals surface area contributed by atoms with Gasteiger partial charge in [-0.2, -0.15) is 0 Å². The van der Waals surface area contributed by atoms with Gasteiger partial charge >= 0.3 is 0 Å². The molecule has 0 bridgehead atoms. The number of rotatable bonds is 3. The number of carbonyl (C=O) groups is 5. The Morgan fingerprint density at radius 1 is 0.615 bits per heavy atom. The van der Waals surface area contributed by atoms with Crippen LogP contribution in [0.1, 0.15) is 89.1 Å². The van der Waals surface area contributed by atoms with Gasteiger partial charge < -0.3 is 9.80 Å². The second-order valence-corrected chi connectivity index (χ2v) is 10.9. The molecule has 0 aromatic heterocycles. The Kier molecular flexibility index (Phi) is 6.02. The standard InChI is InChI=1S/C32H28N2O5/c1-20(35)21-6-8-22(9-7-21)30(38)33-15-12-32(13-16-33)14-17-34(19-32)31(39)23-10-11-26-27(18-23)29(37)25-5-3-2-4-24(25)28(26)36/h2-11,18H,12-17,19H2,1H3. The number of Topliss-reactive ketones (excluding diaryl/α,β-unsaturated/α-hetero) is 1. The van der Waals surface area contributed by atoms with Crippen LogP contribution in [0.2, 0.25) is 0 Å². The maximum Gasteiger partial charge on any atom is 0.253 e. The van der Waals surface area contributed by atoms with E-state index in [4.69, 9.17) is 0 Å². The van der Waals surface area contributed by atoms with Crippen LogP contribution >= 0.6 is 0 Å². The van der Waals surface area contributed by atoms with Crippen molar-refractivity contribution in [3.05, 3.63) is 106 Å². The highest BCUT2D eigenvalue weighted by atomic mass is 16.2. The average Bonchev–Trinajstić information content (AvgIpc) is 3.38. The molecule has 7 heteroatoms. The van der Waals surface area contributed by atoms with Crippen molar-refractivity contribution >= 4 is 29.2 Å². The number of hydrogen-bond acceptors (Lipinski definition) is 5. The molecule has 2 fully saturated rings. The van der Waals surface area contributed by atoms with Crippen molar-refractivity contribution in [1.29, 1.82) is 0 Å². The number of ketones is 3. The Bertz CT molecular complexity index is 1550. The Hall–Kier alpha value is -4.39. The maximum atomic E-state index is 13.5. The number of nitrogens with zero attached hydrogens (tertiary/aromatic N) is 2. The van der Waals surface area contributed by atoms with Gasteiger partial charge in [0.15, 0.2) is 17.3 Å². The Morgan fingerprint density at radius 3 is 1.72 bits per heavy atom. The van der Waals surface area contributed by atoms with E-state index in [1.54, 1.807) is 66.7 Å². The fraction of sp³-hybridized carbons (Fsp3) is 0.281. The molecule has 3 aromatic rings. The normalized spacial score (nSPS) is 17.7. The van der Waals surface area contributed by atoms with Crippen LogP contribution in [0.15, 0.2) is 66.7 Å². The summed E-state index contributed by atoms with van der Waals surface area (Å²) in [5, 5.41) is 0. The fourth-order valence-corrected chi connectivity index (χ4v) is 6.15. The third kappa shape index (κ3) is 4.28. The first-order valence-corrected chi connectivity index (χ1v) is 13.3. The number of piperidine rings is 1. The van der Waals surface area contributed by atoms with E-state index in [0.717, 1.165) is 19.3 Å². The summed E-state index contributed by atoms with van der Waals surface area (Å²) in [5.74, 6) is -0.648. The van der Waals surface area contributed by atoms with Gasteiger partial charge in [0.25, 0.3) is 11.8 Å². The first kappa shape index (κ1) is 24.9. The molecule has 39 heavy (non-hydrogen) atoms. The molecule has 0 N–H and O–H groups in total. The number of likely N-dealkylation sites (tertiary alicyclic amines) is 2. The second kappa shape index (κ2) is 9.42. The quantitative estimate of drug-likeness (QED) is 0.373. The Labute approximate surface area is 226 Å². The van der Waals surface area contributed by atoms with Gasteiger partial charge in [0.05, 0.1) is 0 Å². The van der Waals surface area contributed by atoms with Crippen LogP contribution in [0.3, 0.4) is 0 Å². The summed E-state index contributed by atoms with van der Waals surface area (Å²) in [4.78, 5) is 67.7. The number of amides is 2. The maximum absolute atomic E-state index is 13.5. The predicted molar refractivity (Wildman–Crippen MR) is 144 cm³/mol. The molecule has 2 saturated heterocycles. The first-order valence-electron chi connectivity index (χ1n) is 13.3. The Balaban J connectivity index is 1.12. The second-order valence-electron chi connectivity index (χ2n) is 10.9. The summed E-state index contributed by atoms with van der Waals surface area (Å²) in [5.41, 5.74) is 2.91. The highest BCUT2D eigenvalue weighted by Gasteiger charge is 2.43. The lowest BCUT2D eigenvalue weighted by atomic mass is 9.77. The minimum atomic E-state index is -0.235. The highest BCUT2D eigenvalue weighted by molar-refractivity contribution is 6.28. The van der Waals surface area contributed by atoms with E-state index in [9.17, 15) is 24.0 Å². The largest absolute Gasteiger partial charge is 0.339 e. The van der Waals surface area contributed by atoms with Crippen molar-refractivity contribution in [2.45, 2.75) is 26.2 Å². The van der Waals surface area contributed by atoms with E-state index in [2.05, 4.69) is 0 Å². The zero-order valence-corrected chi connectivity index (χ0v) is 21.7. The molecule has 7 nitrogen and oxygen atoms in total. The molecule has 3 aromatic carbocycles. The molecule has 3 aliphatic rings. The van der Waals surface area contributed by atoms with Crippen molar-refractivity contribution in [3.8, 4) is 0 Å². The summed E-state index contributed by atoms with van der Waals surface area (Å²) in [7, 11) is 0. The highest BCUT2D eigenvalue weighted by Crippen LogP contribution is 2.41. The van der Waals surface area contributed by atoms with Gasteiger partial charge in [0, 0.05) is 65.1 Å². The molecule has 1 spiro atoms. The molecule has 2 amide bonds. The molecular formula is C32H28N2O5. The van der Waals surface area contributed by atoms with Crippen LogP contribution < -0.4 is 0 Å². The topological polar surface area (TPSA) is 91.8 Å². The monoisotopic (exact) mass is 520 g/mol. The van der Waals surface area contributed by atoms with Crippen molar-refractivity contribution in [2.24, 2.45) is 5.41 Å². The van der Waals surface area contributed by atoms with Crippen LogP contribution in [0.25, 0.3) is 0 Å². The summed E-state index contributed by atoms with van der Waals surface area (Å²) in [6.07, 6.45) is 2.48. The lowest BCUT2D eigenvalue weighted by molar-refractivity contribution is 0.0565. The fourth-order valence-electron chi connectivity index (χ4n) is 6.15. The summed E-state index contributed by atoms with van der Waals surface area (Å²) < 4.78 is 0. The molecule has 0 radical (unpaired) electrons. The molecule has 0 unspecified atom stereocenters. The van der Waals surface area contributed by atoms with E-state index in [0.29, 0.717) is 59.6 Å². The first-order chi connectivity index (χ1) is 18.8. The van der Waals surface area contributed by atoms with Crippen molar-refractivity contribution in [2.75, 3.05) is 26.2 Å². The van der Waals surface area contributed by atoms with Gasteiger partial charge in [-0.05, 0) is 61.9 Å². The Morgan fingerprint density at radius 2 is 1.10 bits per heavy atom. The van der Waals surface area contributed by atoms with E-state index < -0.39 is 0 Å². The summed E-state index contributed by atoms with van der Waals surface area (Å²) >= 11 is 0. The summed E-state index contributed by atoms with van der Waals surface area (Å²) in [6, 6.07) is 18.4. The smallest absolute Gasteiger partial charge is 0.253 e. The molecule has 1 aliphatic carbocycles. The average molecular weight is 521 g/mol. The van der Waals surface area contributed by atoms with Gasteiger partial charge in [-0.15, -0.1) is 0 Å². The number of benzene rings is 3. The van der Waals surface area contributed by atoms with Gasteiger partial charge in [-0.25, -0.2) is 0 Å². The van der Waals surface area contributed by atoms with E-state index in [1.165, 1.54) is 6.92 Å². The van der Waals surface area contributed by atoms with Gasteiger partial charge in [-0.1, -0.05) is 36.4 Å². The van der Waals surface area contributed by atoms with Crippen LogP contribution in [0.5, 0.6) is 0 Å². The van der Waals surface area contributed by atoms with Crippen LogP contribution in [0, 0.1) is 5.41 Å². The molecule has 196 valence electrons. The van der Waals surface area contributed by atoms with E-state index in [1.807, 2.05) is 9.80 Å². The van der Waals surface area contributed by atoms with Gasteiger partial charge in [0.1, 0.15) is 0 Å². The van der Waals surface area contributed by atoms with Crippen LogP contribution in [0.4, 0.5) is 0 Å². The number of fused-ring (bicyclic) bond motifs is 2. The molecule has 2 heterocycles. The van der Waals surface area contributed by atoms with E-state index >= 15 is 0 Å². The zero-order chi connectivity index (χ0) is 27.3. The minimum absolute atomic E-state index is 0.0324. The number of carbonyl (C=O) groups excluding carboxylic acids is 5. The molecular weight excluding hydrogens is 492 g/mol. The molecule has 6 rings (SSSR count). The van der Waals surface area contributed by atoms with Crippen molar-refractivity contribution in [3.63, 3.8) is 0 Å². The van der Waals surface area contributed by atoms with Gasteiger partial charge in [-0.3, -0.25) is 24.0 Å². The third-order valence-electron chi connectivity index (χ3n) is 8.55. The van der Waals surface area contributed by atoms with Crippen LogP contribution in [-0.4, -0.2) is 65.1 Å². The van der Waals surface area contributed by atoms with Crippen molar-refractivity contribution < 1.29 is 24.0 Å². The van der Waals surface area contributed by atoms with Crippen LogP contribution in [-0.2, 0) is 0 Å². The molecule has 0 atom stereocenters. The minimum Gasteiger partial charge on any atom is -0.339 e.